The number of rotatable bonds is 2. The third kappa shape index (κ3) is 2.68. The molecule has 0 bridgehead atoms. The molecule has 0 amide bonds. The molecule has 0 radical (unpaired) electrons. The highest BCUT2D eigenvalue weighted by molar-refractivity contribution is 8.84. The number of hydrogen-bond acceptors (Lipinski definition) is 8. The van der Waals surface area contributed by atoms with Crippen LogP contribution in [0.25, 0.3) is 5.53 Å². The number of nitrogens with zero attached hydrogens (tertiary/aromatic N) is 2. The van der Waals surface area contributed by atoms with Gasteiger partial charge >= 0.3 is 40.4 Å². The topological polar surface area (TPSA) is 213 Å². The van der Waals surface area contributed by atoms with Gasteiger partial charge in [-0.05, 0) is 0 Å². The van der Waals surface area contributed by atoms with Crippen molar-refractivity contribution in [3.05, 3.63) is 5.53 Å². The minimum absolute atomic E-state index is 1.43. The summed E-state index contributed by atoms with van der Waals surface area (Å²) < 4.78 is 97.6. The van der Waals surface area contributed by atoms with Crippen molar-refractivity contribution in [1.82, 2.24) is 0 Å². The summed E-state index contributed by atoms with van der Waals surface area (Å²) in [5, 5.41) is 0. The Morgan fingerprint density at radius 2 is 1.00 bits per heavy atom. The summed E-state index contributed by atoms with van der Waals surface area (Å²) in [4.78, 5) is 1.43. The quantitative estimate of drug-likeness (QED) is 0.131. The molecule has 100 valence electrons. The lowest BCUT2D eigenvalue weighted by atomic mass is 11.7. The molecule has 0 aliphatic rings. The van der Waals surface area contributed by atoms with Gasteiger partial charge in [-0.25, -0.2) is 0 Å². The molecular weight excluding hydrogens is 328 g/mol. The fourth-order valence-corrected chi connectivity index (χ4v) is 6.79. The first kappa shape index (κ1) is 16.1. The predicted molar refractivity (Wildman–Crippen MR) is 49.6 cm³/mol. The van der Waals surface area contributed by atoms with Crippen LogP contribution in [0.5, 0.6) is 0 Å². The third-order valence-electron chi connectivity index (χ3n) is 1.06. The minimum Gasteiger partial charge on any atom is -0.359 e. The van der Waals surface area contributed by atoms with Gasteiger partial charge in [0.15, 0.2) is 0 Å². The van der Waals surface area contributed by atoms with E-state index in [4.69, 9.17) is 14.6 Å². The van der Waals surface area contributed by atoms with Crippen LogP contribution in [-0.4, -0.2) is 51.9 Å². The van der Waals surface area contributed by atoms with E-state index in [1.54, 1.807) is 0 Å². The fourth-order valence-electron chi connectivity index (χ4n) is 0.405. The van der Waals surface area contributed by atoms with Gasteiger partial charge in [0, 0.05) is 0 Å². The summed E-state index contributed by atoms with van der Waals surface area (Å²) >= 11 is 0. The maximum Gasteiger partial charge on any atom is 0.528 e. The van der Waals surface area contributed by atoms with Gasteiger partial charge in [0.05, 0.1) is 0 Å². The van der Waals surface area contributed by atoms with Crippen molar-refractivity contribution in [3.8, 4) is 0 Å². The molecule has 2 N–H and O–H groups in total. The molecule has 16 heteroatoms. The highest BCUT2D eigenvalue weighted by atomic mass is 33.2. The molecule has 0 unspecified atom stereocenters. The molecule has 0 aromatic carbocycles. The molecule has 0 rings (SSSR count). The summed E-state index contributed by atoms with van der Waals surface area (Å²) in [6, 6.07) is 0. The molecule has 17 heavy (non-hydrogen) atoms. The zero-order valence-electron chi connectivity index (χ0n) is 7.19. The van der Waals surface area contributed by atoms with Gasteiger partial charge in [0.1, 0.15) is 0 Å². The van der Waals surface area contributed by atoms with E-state index in [0.29, 0.717) is 0 Å². The molecule has 0 spiro atoms. The van der Waals surface area contributed by atoms with E-state index in [2.05, 4.69) is 0 Å². The molecule has 0 atom stereocenters. The zero-order chi connectivity index (χ0) is 14.3. The molecule has 0 fully saturated rings. The second-order valence-corrected chi connectivity index (χ2v) is 11.8. The first-order chi connectivity index (χ1) is 7.19. The minimum atomic E-state index is -6.23. The molecule has 0 aromatic rings. The van der Waals surface area contributed by atoms with Gasteiger partial charge in [-0.15, -0.1) is 4.79 Å². The molecule has 0 aliphatic carbocycles. The van der Waals surface area contributed by atoms with Gasteiger partial charge in [0.2, 0.25) is 0 Å². The van der Waals surface area contributed by atoms with E-state index >= 15 is 0 Å². The van der Waals surface area contributed by atoms with Crippen LogP contribution < -0.4 is 0 Å². The van der Waals surface area contributed by atoms with Crippen LogP contribution in [-0.2, 0) is 36.0 Å². The maximum atomic E-state index is 10.8. The lowest BCUT2D eigenvalue weighted by Crippen LogP contribution is -2.35. The molecule has 0 aliphatic heterocycles. The molecule has 0 heterocycles. The van der Waals surface area contributed by atoms with Gasteiger partial charge < -0.3 is 5.53 Å². The maximum absolute atomic E-state index is 10.8. The van der Waals surface area contributed by atoms with Crippen molar-refractivity contribution in [2.24, 2.45) is 0 Å². The molecule has 12 nitrogen and oxygen atoms in total. The molecule has 0 aromatic heterocycles. The van der Waals surface area contributed by atoms with Crippen molar-refractivity contribution < 1.29 is 47.6 Å². The summed E-state index contributed by atoms with van der Waals surface area (Å²) in [5.41, 5.74) is 8.00. The van der Waals surface area contributed by atoms with E-state index in [1.807, 2.05) is 0 Å². The average Bonchev–Trinajstić information content (AvgIpc) is 1.99. The van der Waals surface area contributed by atoms with Gasteiger partial charge in [0.25, 0.3) is 0 Å². The second-order valence-electron chi connectivity index (χ2n) is 2.13. The Bertz CT molecular complexity index is 720. The summed E-state index contributed by atoms with van der Waals surface area (Å²) in [6.07, 6.45) is 0. The predicted octanol–water partition coefficient (Wildman–Crippen LogP) is -2.99. The Hall–Kier alpha value is -0.900. The van der Waals surface area contributed by atoms with Crippen molar-refractivity contribution in [3.63, 3.8) is 0 Å². The van der Waals surface area contributed by atoms with Crippen molar-refractivity contribution in [1.29, 1.82) is 0 Å². The van der Waals surface area contributed by atoms with Gasteiger partial charge in [-0.3, -0.25) is 9.11 Å². The summed E-state index contributed by atoms with van der Waals surface area (Å²) in [7, 11) is -24.7. The standard InChI is InChI=1S/CH2N2O10S4/c2-3-1(14(4,5)16(8,9)10)15(6,7)17(11,12)13/h(H,8,9,10)(H,11,12,13). The highest BCUT2D eigenvalue weighted by Gasteiger charge is 2.56. The Kier molecular flexibility index (Phi) is 3.87. The van der Waals surface area contributed by atoms with E-state index in [1.165, 1.54) is 4.79 Å². The molecule has 0 saturated carbocycles. The molecular formula is CH2N2O10S4. The second kappa shape index (κ2) is 4.09. The Morgan fingerprint density at radius 3 is 1.12 bits per heavy atom. The largest absolute Gasteiger partial charge is 0.528 e. The van der Waals surface area contributed by atoms with Crippen LogP contribution in [0.15, 0.2) is 0 Å². The van der Waals surface area contributed by atoms with Gasteiger partial charge in [-0.2, -0.15) is 33.7 Å². The third-order valence-corrected chi connectivity index (χ3v) is 9.42. The van der Waals surface area contributed by atoms with E-state index < -0.39 is 40.4 Å². The van der Waals surface area contributed by atoms with Crippen LogP contribution in [0.4, 0.5) is 0 Å². The Balaban J connectivity index is 6.66. The van der Waals surface area contributed by atoms with E-state index in [0.717, 1.165) is 0 Å². The van der Waals surface area contributed by atoms with Crippen molar-refractivity contribution in [2.45, 2.75) is 0 Å². The summed E-state index contributed by atoms with van der Waals surface area (Å²) in [6.45, 7) is 0. The fraction of sp³-hybridized carbons (Fsp3) is 0. The van der Waals surface area contributed by atoms with Crippen LogP contribution >= 0.6 is 0 Å². The Labute approximate surface area is 93.6 Å². The molecule has 0 saturated heterocycles. The van der Waals surface area contributed by atoms with Crippen LogP contribution in [0.2, 0.25) is 0 Å². The SMILES string of the molecule is [N-]=[N+]=C(S(=O)(=O)S(=O)(=O)O)S(=O)(=O)S(=O)(=O)O. The normalized spacial score (nSPS) is 14.0. The first-order valence-electron chi connectivity index (χ1n) is 2.86. The number of hydrogen-bond donors (Lipinski definition) is 2. The van der Waals surface area contributed by atoms with Crippen LogP contribution in [0.3, 0.4) is 0 Å². The Morgan fingerprint density at radius 1 is 0.765 bits per heavy atom. The van der Waals surface area contributed by atoms with Crippen LogP contribution in [0.1, 0.15) is 0 Å². The van der Waals surface area contributed by atoms with Crippen molar-refractivity contribution >= 4 is 40.4 Å². The average molecular weight is 330 g/mol. The zero-order valence-corrected chi connectivity index (χ0v) is 10.5. The first-order valence-corrected chi connectivity index (χ1v) is 9.74. The van der Waals surface area contributed by atoms with Gasteiger partial charge in [-0.1, -0.05) is 0 Å². The van der Waals surface area contributed by atoms with E-state index in [9.17, 15) is 33.7 Å². The smallest absolute Gasteiger partial charge is 0.359 e. The summed E-state index contributed by atoms with van der Waals surface area (Å²) in [5.74, 6) is 0. The lowest BCUT2D eigenvalue weighted by Gasteiger charge is -1.95. The van der Waals surface area contributed by atoms with Crippen LogP contribution in [0, 0.1) is 0 Å². The highest BCUT2D eigenvalue weighted by Crippen LogP contribution is 2.12. The monoisotopic (exact) mass is 330 g/mol. The van der Waals surface area contributed by atoms with Crippen molar-refractivity contribution in [2.75, 3.05) is 0 Å². The lowest BCUT2D eigenvalue weighted by molar-refractivity contribution is 0.00415. The van der Waals surface area contributed by atoms with E-state index in [-0.39, 0.29) is 0 Å².